The van der Waals surface area contributed by atoms with Crippen molar-refractivity contribution >= 4 is 17.2 Å². The molecular formula is C24H30N2O2S. The molecule has 5 heteroatoms. The van der Waals surface area contributed by atoms with Crippen LogP contribution in [0.4, 0.5) is 0 Å². The Labute approximate surface area is 176 Å². The van der Waals surface area contributed by atoms with Gasteiger partial charge in [-0.1, -0.05) is 18.2 Å². The number of hydrogen-bond donors (Lipinski definition) is 0. The molecule has 2 aromatic rings. The fraction of sp³-hybridized carbons (Fsp3) is 0.583. The molecular weight excluding hydrogens is 380 g/mol. The Morgan fingerprint density at radius 3 is 2.34 bits per heavy atom. The Balaban J connectivity index is 1.37. The molecule has 1 aromatic heterocycles. The molecule has 4 nitrogen and oxygen atoms in total. The van der Waals surface area contributed by atoms with Crippen molar-refractivity contribution in [3.05, 3.63) is 45.7 Å². The van der Waals surface area contributed by atoms with Gasteiger partial charge in [0.1, 0.15) is 12.4 Å². The van der Waals surface area contributed by atoms with Crippen LogP contribution in [0.3, 0.4) is 0 Å². The number of carbonyl (C=O) groups is 1. The molecule has 4 bridgehead atoms. The van der Waals surface area contributed by atoms with E-state index in [2.05, 4.69) is 18.4 Å². The highest BCUT2D eigenvalue weighted by Crippen LogP contribution is 2.60. The number of nitrogens with zero attached hydrogens (tertiary/aromatic N) is 2. The van der Waals surface area contributed by atoms with Crippen LogP contribution in [0.1, 0.15) is 49.1 Å². The molecule has 1 amide bonds. The predicted molar refractivity (Wildman–Crippen MR) is 115 cm³/mol. The Hall–Kier alpha value is -1.88. The number of benzene rings is 1. The number of thiazole rings is 1. The second kappa shape index (κ2) is 7.42. The molecule has 0 atom stereocenters. The maximum Gasteiger partial charge on any atom is 0.254 e. The number of aromatic nitrogens is 1. The van der Waals surface area contributed by atoms with Gasteiger partial charge in [-0.3, -0.25) is 4.79 Å². The normalized spacial score (nSPS) is 30.7. The Bertz CT molecular complexity index is 937. The lowest BCUT2D eigenvalue weighted by Crippen LogP contribution is -2.50. The van der Waals surface area contributed by atoms with Crippen molar-refractivity contribution < 1.29 is 9.53 Å². The fourth-order valence-corrected chi connectivity index (χ4v) is 7.29. The lowest BCUT2D eigenvalue weighted by Gasteiger charge is -2.55. The van der Waals surface area contributed by atoms with Crippen LogP contribution in [0, 0.1) is 37.0 Å². The van der Waals surface area contributed by atoms with Crippen LogP contribution in [0.2, 0.25) is 0 Å². The van der Waals surface area contributed by atoms with E-state index in [1.54, 1.807) is 11.3 Å². The lowest BCUT2D eigenvalue weighted by atomic mass is 9.49. The Morgan fingerprint density at radius 2 is 1.72 bits per heavy atom. The smallest absolute Gasteiger partial charge is 0.254 e. The van der Waals surface area contributed by atoms with Crippen molar-refractivity contribution in [2.24, 2.45) is 28.2 Å². The van der Waals surface area contributed by atoms with Crippen molar-refractivity contribution in [3.8, 4) is 5.75 Å². The molecule has 0 radical (unpaired) electrons. The number of aryl methyl sites for hydroxylation is 1. The minimum absolute atomic E-state index is 0.149. The molecule has 0 saturated heterocycles. The summed E-state index contributed by atoms with van der Waals surface area (Å²) in [4.78, 5) is 20.2. The van der Waals surface area contributed by atoms with Crippen LogP contribution in [-0.4, -0.2) is 17.1 Å². The topological polar surface area (TPSA) is 43.6 Å². The summed E-state index contributed by atoms with van der Waals surface area (Å²) in [7, 11) is 0. The lowest BCUT2D eigenvalue weighted by molar-refractivity contribution is -0.142. The summed E-state index contributed by atoms with van der Waals surface area (Å²) in [5.41, 5.74) is 1.02. The molecule has 0 spiro atoms. The Morgan fingerprint density at radius 1 is 1.10 bits per heavy atom. The van der Waals surface area contributed by atoms with Crippen molar-refractivity contribution in [2.75, 3.05) is 6.61 Å². The third-order valence-corrected chi connectivity index (χ3v) is 8.50. The molecule has 4 fully saturated rings. The number of ether oxygens (including phenoxy) is 1. The van der Waals surface area contributed by atoms with E-state index in [1.165, 1.54) is 29.8 Å². The summed E-state index contributed by atoms with van der Waals surface area (Å²) in [6.07, 6.45) is 7.26. The molecule has 6 rings (SSSR count). The van der Waals surface area contributed by atoms with Gasteiger partial charge in [-0.25, -0.2) is 0 Å². The molecule has 1 heterocycles. The van der Waals surface area contributed by atoms with Crippen molar-refractivity contribution in [1.29, 1.82) is 0 Å². The summed E-state index contributed by atoms with van der Waals surface area (Å²) in [6.45, 7) is 5.50. The average Bonchev–Trinajstić information content (AvgIpc) is 2.95. The van der Waals surface area contributed by atoms with Gasteiger partial charge in [0.2, 0.25) is 0 Å². The summed E-state index contributed by atoms with van der Waals surface area (Å²) in [5, 5.41) is 0. The highest BCUT2D eigenvalue weighted by Gasteiger charge is 2.54. The molecule has 1 aromatic carbocycles. The molecule has 0 unspecified atom stereocenters. The highest BCUT2D eigenvalue weighted by atomic mass is 32.1. The van der Waals surface area contributed by atoms with Crippen molar-refractivity contribution in [2.45, 2.75) is 58.9 Å². The number of carbonyl (C=O) groups excluding carboxylic acids is 1. The number of rotatable bonds is 5. The van der Waals surface area contributed by atoms with Crippen molar-refractivity contribution in [1.82, 2.24) is 4.57 Å². The second-order valence-corrected chi connectivity index (χ2v) is 10.6. The molecule has 4 aliphatic carbocycles. The Kier molecular flexibility index (Phi) is 4.89. The third-order valence-electron chi connectivity index (χ3n) is 7.41. The zero-order valence-corrected chi connectivity index (χ0v) is 18.2. The van der Waals surface area contributed by atoms with Crippen LogP contribution in [-0.2, 0) is 11.3 Å². The first-order chi connectivity index (χ1) is 14.0. The maximum absolute atomic E-state index is 13.4. The van der Waals surface area contributed by atoms with Crippen LogP contribution in [0.15, 0.2) is 35.3 Å². The molecule has 4 aliphatic rings. The molecule has 0 N–H and O–H groups in total. The second-order valence-electron chi connectivity index (χ2n) is 9.45. The van der Waals surface area contributed by atoms with Crippen LogP contribution in [0.5, 0.6) is 5.75 Å². The van der Waals surface area contributed by atoms with E-state index in [4.69, 9.17) is 9.73 Å². The SMILES string of the molecule is Cc1s/c(=N\C(=O)C23CC4CC(CC(C4)C2)C3)n(CCOc2ccccc2)c1C. The number of para-hydroxylation sites is 1. The highest BCUT2D eigenvalue weighted by molar-refractivity contribution is 7.09. The van der Waals surface area contributed by atoms with Gasteiger partial charge < -0.3 is 9.30 Å². The van der Waals surface area contributed by atoms with Gasteiger partial charge in [0.05, 0.1) is 12.0 Å². The number of hydrogen-bond acceptors (Lipinski definition) is 3. The summed E-state index contributed by atoms with van der Waals surface area (Å²) < 4.78 is 8.06. The van der Waals surface area contributed by atoms with Gasteiger partial charge >= 0.3 is 0 Å². The van der Waals surface area contributed by atoms with Gasteiger partial charge in [0.15, 0.2) is 4.80 Å². The van der Waals surface area contributed by atoms with Crippen molar-refractivity contribution in [3.63, 3.8) is 0 Å². The van der Waals surface area contributed by atoms with E-state index >= 15 is 0 Å². The van der Waals surface area contributed by atoms with Gasteiger partial charge in [0, 0.05) is 10.6 Å². The first kappa shape index (κ1) is 19.1. The van der Waals surface area contributed by atoms with E-state index in [9.17, 15) is 4.79 Å². The largest absolute Gasteiger partial charge is 0.492 e. The van der Waals surface area contributed by atoms with Gasteiger partial charge in [-0.05, 0) is 82.3 Å². The standard InChI is InChI=1S/C24H30N2O2S/c1-16-17(2)29-23(26(16)8-9-28-21-6-4-3-5-7-21)25-22(27)24-13-18-10-19(14-24)12-20(11-18)15-24/h3-7,18-20H,8-15H2,1-2H3/b25-23-. The monoisotopic (exact) mass is 410 g/mol. The molecule has 4 saturated carbocycles. The minimum atomic E-state index is -0.168. The molecule has 0 aliphatic heterocycles. The van der Waals surface area contributed by atoms with E-state index in [1.807, 2.05) is 30.3 Å². The summed E-state index contributed by atoms with van der Waals surface area (Å²) in [6, 6.07) is 9.89. The van der Waals surface area contributed by atoms with Gasteiger partial charge in [-0.15, -0.1) is 11.3 Å². The third kappa shape index (κ3) is 3.58. The van der Waals surface area contributed by atoms with E-state index in [-0.39, 0.29) is 11.3 Å². The van der Waals surface area contributed by atoms with E-state index < -0.39 is 0 Å². The zero-order valence-electron chi connectivity index (χ0n) is 17.4. The quantitative estimate of drug-likeness (QED) is 0.704. The fourth-order valence-electron chi connectivity index (χ4n) is 6.30. The van der Waals surface area contributed by atoms with Crippen LogP contribution in [0.25, 0.3) is 0 Å². The maximum atomic E-state index is 13.4. The average molecular weight is 411 g/mol. The van der Waals surface area contributed by atoms with E-state index in [0.717, 1.165) is 47.6 Å². The zero-order chi connectivity index (χ0) is 20.0. The van der Waals surface area contributed by atoms with Crippen LogP contribution >= 0.6 is 11.3 Å². The number of amides is 1. The predicted octanol–water partition coefficient (Wildman–Crippen LogP) is 4.89. The first-order valence-corrected chi connectivity index (χ1v) is 11.8. The molecule has 29 heavy (non-hydrogen) atoms. The van der Waals surface area contributed by atoms with Gasteiger partial charge in [0.25, 0.3) is 5.91 Å². The summed E-state index contributed by atoms with van der Waals surface area (Å²) in [5.74, 6) is 3.31. The first-order valence-electron chi connectivity index (χ1n) is 11.0. The van der Waals surface area contributed by atoms with Crippen LogP contribution < -0.4 is 9.54 Å². The van der Waals surface area contributed by atoms with E-state index in [0.29, 0.717) is 13.2 Å². The van der Waals surface area contributed by atoms with Gasteiger partial charge in [-0.2, -0.15) is 4.99 Å². The minimum Gasteiger partial charge on any atom is -0.492 e. The molecule has 154 valence electrons. The summed E-state index contributed by atoms with van der Waals surface area (Å²) >= 11 is 1.64.